The molecule has 3 heteroatoms. The second-order valence-corrected chi connectivity index (χ2v) is 5.92. The number of urea groups is 1. The zero-order valence-electron chi connectivity index (χ0n) is 12.8. The second-order valence-electron chi connectivity index (χ2n) is 5.92. The van der Waals surface area contributed by atoms with Crippen LogP contribution in [0.15, 0.2) is 77.5 Å². The number of hydrogen-bond acceptors (Lipinski definition) is 1. The molecule has 0 radical (unpaired) electrons. The highest BCUT2D eigenvalue weighted by molar-refractivity contribution is 5.82. The Morgan fingerprint density at radius 2 is 1.61 bits per heavy atom. The van der Waals surface area contributed by atoms with E-state index in [2.05, 4.69) is 41.0 Å². The molecule has 0 saturated carbocycles. The van der Waals surface area contributed by atoms with Crippen LogP contribution in [0.1, 0.15) is 30.0 Å². The average Bonchev–Trinajstić information content (AvgIpc) is 2.99. The van der Waals surface area contributed by atoms with Crippen LogP contribution in [0, 0.1) is 0 Å². The first-order valence-corrected chi connectivity index (χ1v) is 7.93. The van der Waals surface area contributed by atoms with Gasteiger partial charge in [-0.2, -0.15) is 0 Å². The van der Waals surface area contributed by atoms with Crippen LogP contribution < -0.4 is 10.6 Å². The highest BCUT2D eigenvalue weighted by Gasteiger charge is 2.33. The molecule has 23 heavy (non-hydrogen) atoms. The molecule has 2 N–H and O–H groups in total. The Morgan fingerprint density at radius 3 is 2.35 bits per heavy atom. The van der Waals surface area contributed by atoms with Gasteiger partial charge in [0.05, 0.1) is 6.04 Å². The summed E-state index contributed by atoms with van der Waals surface area (Å²) in [6, 6.07) is 20.3. The predicted octanol–water partition coefficient (Wildman–Crippen LogP) is 4.17. The minimum Gasteiger partial charge on any atom is -0.327 e. The van der Waals surface area contributed by atoms with Crippen molar-refractivity contribution in [2.45, 2.75) is 18.9 Å². The van der Waals surface area contributed by atoms with Crippen LogP contribution in [0.4, 0.5) is 4.79 Å². The van der Waals surface area contributed by atoms with E-state index in [-0.39, 0.29) is 12.1 Å². The molecule has 1 unspecified atom stereocenters. The molecule has 0 bridgehead atoms. The zero-order valence-corrected chi connectivity index (χ0v) is 12.8. The molecule has 0 spiro atoms. The van der Waals surface area contributed by atoms with E-state index in [4.69, 9.17) is 0 Å². The number of allylic oxidation sites excluding steroid dienone is 1. The largest absolute Gasteiger partial charge is 0.327 e. The van der Waals surface area contributed by atoms with Crippen LogP contribution in [-0.4, -0.2) is 6.03 Å². The maximum absolute atomic E-state index is 12.1. The van der Waals surface area contributed by atoms with Crippen molar-refractivity contribution in [3.63, 3.8) is 0 Å². The summed E-state index contributed by atoms with van der Waals surface area (Å²) < 4.78 is 0. The van der Waals surface area contributed by atoms with Crippen molar-refractivity contribution in [2.75, 3.05) is 0 Å². The number of carbonyl (C=O) groups is 1. The summed E-state index contributed by atoms with van der Waals surface area (Å²) >= 11 is 0. The molecular weight excluding hydrogens is 284 g/mol. The molecule has 2 aromatic rings. The molecule has 114 valence electrons. The van der Waals surface area contributed by atoms with E-state index in [0.29, 0.717) is 0 Å². The normalized spacial score (nSPS) is 21.8. The molecule has 1 aliphatic carbocycles. The smallest absolute Gasteiger partial charge is 0.319 e. The molecular formula is C20H18N2O. The van der Waals surface area contributed by atoms with Gasteiger partial charge >= 0.3 is 6.03 Å². The highest BCUT2D eigenvalue weighted by Crippen LogP contribution is 2.40. The van der Waals surface area contributed by atoms with Crippen molar-refractivity contribution < 1.29 is 4.79 Å². The summed E-state index contributed by atoms with van der Waals surface area (Å²) in [4.78, 5) is 12.1. The molecule has 0 fully saturated rings. The van der Waals surface area contributed by atoms with Gasteiger partial charge in [-0.3, -0.25) is 0 Å². The molecule has 3 nitrogen and oxygen atoms in total. The van der Waals surface area contributed by atoms with Crippen molar-refractivity contribution in [3.8, 4) is 0 Å². The summed E-state index contributed by atoms with van der Waals surface area (Å²) in [6.07, 6.45) is 4.11. The lowest BCUT2D eigenvalue weighted by molar-refractivity contribution is 0.239. The first kappa shape index (κ1) is 13.8. The van der Waals surface area contributed by atoms with Crippen molar-refractivity contribution in [3.05, 3.63) is 88.6 Å². The first-order chi connectivity index (χ1) is 11.3. The Morgan fingerprint density at radius 1 is 0.913 bits per heavy atom. The number of hydrogen-bond donors (Lipinski definition) is 2. The van der Waals surface area contributed by atoms with Gasteiger partial charge in [-0.15, -0.1) is 0 Å². The average molecular weight is 302 g/mol. The van der Waals surface area contributed by atoms with E-state index in [0.717, 1.165) is 24.1 Å². The van der Waals surface area contributed by atoms with Gasteiger partial charge in [0, 0.05) is 5.70 Å². The summed E-state index contributed by atoms with van der Waals surface area (Å²) in [5, 5.41) is 6.06. The number of nitrogens with one attached hydrogen (secondary N) is 2. The van der Waals surface area contributed by atoms with Crippen LogP contribution in [-0.2, 0) is 0 Å². The number of carbonyl (C=O) groups excluding carboxylic acids is 1. The fourth-order valence-corrected chi connectivity index (χ4v) is 3.37. The lowest BCUT2D eigenvalue weighted by Crippen LogP contribution is -2.43. The fourth-order valence-electron chi connectivity index (χ4n) is 3.37. The quantitative estimate of drug-likeness (QED) is 0.859. The SMILES string of the molecule is O=C1NC2=C(CCC2=Cc2ccccc2)C(c2ccccc2)N1. The molecule has 0 saturated heterocycles. The van der Waals surface area contributed by atoms with Crippen LogP contribution in [0.3, 0.4) is 0 Å². The van der Waals surface area contributed by atoms with E-state index < -0.39 is 0 Å². The number of rotatable bonds is 2. The Hall–Kier alpha value is -2.81. The van der Waals surface area contributed by atoms with E-state index in [1.165, 1.54) is 16.7 Å². The van der Waals surface area contributed by atoms with Gasteiger partial charge in [0.25, 0.3) is 0 Å². The van der Waals surface area contributed by atoms with E-state index in [1.807, 2.05) is 36.4 Å². The van der Waals surface area contributed by atoms with Gasteiger partial charge in [0.15, 0.2) is 0 Å². The van der Waals surface area contributed by atoms with Crippen LogP contribution >= 0.6 is 0 Å². The van der Waals surface area contributed by atoms with Crippen LogP contribution in [0.5, 0.6) is 0 Å². The van der Waals surface area contributed by atoms with E-state index in [9.17, 15) is 4.79 Å². The fraction of sp³-hybridized carbons (Fsp3) is 0.150. The summed E-state index contributed by atoms with van der Waals surface area (Å²) in [5.41, 5.74) is 5.79. The molecule has 1 heterocycles. The predicted molar refractivity (Wildman–Crippen MR) is 91.5 cm³/mol. The third-order valence-electron chi connectivity index (χ3n) is 4.44. The number of amides is 2. The van der Waals surface area contributed by atoms with Crippen molar-refractivity contribution in [1.29, 1.82) is 0 Å². The lowest BCUT2D eigenvalue weighted by Gasteiger charge is -2.27. The van der Waals surface area contributed by atoms with Gasteiger partial charge in [-0.1, -0.05) is 60.7 Å². The highest BCUT2D eigenvalue weighted by atomic mass is 16.2. The molecule has 1 aliphatic heterocycles. The van der Waals surface area contributed by atoms with E-state index in [1.54, 1.807) is 0 Å². The summed E-state index contributed by atoms with van der Waals surface area (Å²) in [5.74, 6) is 0. The van der Waals surface area contributed by atoms with Crippen molar-refractivity contribution in [2.24, 2.45) is 0 Å². The van der Waals surface area contributed by atoms with Crippen molar-refractivity contribution in [1.82, 2.24) is 10.6 Å². The lowest BCUT2D eigenvalue weighted by atomic mass is 9.96. The first-order valence-electron chi connectivity index (χ1n) is 7.93. The maximum Gasteiger partial charge on any atom is 0.319 e. The third kappa shape index (κ3) is 2.66. The van der Waals surface area contributed by atoms with Crippen LogP contribution in [0.25, 0.3) is 6.08 Å². The standard InChI is InChI=1S/C20H18N2O/c23-20-21-18(15-9-5-2-6-10-15)17-12-11-16(19(17)22-20)13-14-7-3-1-4-8-14/h1-10,13,18H,11-12H2,(H2,21,22,23). The van der Waals surface area contributed by atoms with Gasteiger partial charge in [0.1, 0.15) is 0 Å². The third-order valence-corrected chi connectivity index (χ3v) is 4.44. The van der Waals surface area contributed by atoms with Gasteiger partial charge in [0.2, 0.25) is 0 Å². The van der Waals surface area contributed by atoms with Crippen molar-refractivity contribution >= 4 is 12.1 Å². The second kappa shape index (κ2) is 5.76. The minimum absolute atomic E-state index is 0.0263. The molecule has 1 atom stereocenters. The molecule has 0 aromatic heterocycles. The number of benzene rings is 2. The Bertz CT molecular complexity index is 791. The van der Waals surface area contributed by atoms with Crippen LogP contribution in [0.2, 0.25) is 0 Å². The van der Waals surface area contributed by atoms with E-state index >= 15 is 0 Å². The topological polar surface area (TPSA) is 41.1 Å². The molecule has 4 rings (SSSR count). The summed E-state index contributed by atoms with van der Waals surface area (Å²) in [6.45, 7) is 0. The Balaban J connectivity index is 1.74. The monoisotopic (exact) mass is 302 g/mol. The van der Waals surface area contributed by atoms with Gasteiger partial charge in [-0.05, 0) is 41.2 Å². The molecule has 2 amide bonds. The molecule has 2 aliphatic rings. The Kier molecular flexibility index (Phi) is 3.46. The molecule has 2 aromatic carbocycles. The maximum atomic E-state index is 12.1. The van der Waals surface area contributed by atoms with Gasteiger partial charge < -0.3 is 10.6 Å². The zero-order chi connectivity index (χ0) is 15.6. The van der Waals surface area contributed by atoms with Gasteiger partial charge in [-0.25, -0.2) is 4.79 Å². The Labute approximate surface area is 135 Å². The summed E-state index contributed by atoms with van der Waals surface area (Å²) in [7, 11) is 0. The minimum atomic E-state index is -0.126.